The molecule has 5 rings (SSSR count). The van der Waals surface area contributed by atoms with E-state index in [-0.39, 0.29) is 0 Å². The van der Waals surface area contributed by atoms with Crippen LogP contribution in [0, 0.1) is 22.7 Å². The van der Waals surface area contributed by atoms with Gasteiger partial charge in [0.05, 0.1) is 49.4 Å². The highest BCUT2D eigenvalue weighted by molar-refractivity contribution is 5.75. The number of nitrogens with zero attached hydrogens (tertiary/aromatic N) is 11. The molecule has 0 saturated carbocycles. The molecule has 11 nitrogen and oxygen atoms in total. The van der Waals surface area contributed by atoms with Crippen molar-refractivity contribution in [3.63, 3.8) is 0 Å². The van der Waals surface area contributed by atoms with Crippen molar-refractivity contribution in [3.8, 4) is 34.7 Å². The molecule has 1 fully saturated rings. The fraction of sp³-hybridized carbons (Fsp3) is 0.316. The molecule has 0 atom stereocenters. The molecular weight excluding hydrogens is 382 g/mol. The van der Waals surface area contributed by atoms with Crippen molar-refractivity contribution in [1.82, 2.24) is 44.0 Å². The number of fused-ring (bicyclic) bond motifs is 1. The smallest absolute Gasteiger partial charge is 0.181 e. The van der Waals surface area contributed by atoms with Crippen LogP contribution < -0.4 is 0 Å². The van der Waals surface area contributed by atoms with Crippen molar-refractivity contribution < 1.29 is 0 Å². The Kier molecular flexibility index (Phi) is 4.05. The summed E-state index contributed by atoms with van der Waals surface area (Å²) in [6, 6.07) is 4.41. The average Bonchev–Trinajstić information content (AvgIpc) is 3.45. The topological polar surface area (TPSA) is 130 Å². The maximum absolute atomic E-state index is 9.33. The number of nitriles is 2. The van der Waals surface area contributed by atoms with Gasteiger partial charge in [0.2, 0.25) is 0 Å². The minimum Gasteiger partial charge on any atom is -0.286 e. The SMILES string of the molecule is Cn1cc(-c2cn3ncnc3c(-c3cnn(C4(CC#N)CN(CC#N)C4)c3)n2)cn1. The molecule has 0 radical (unpaired) electrons. The lowest BCUT2D eigenvalue weighted by Crippen LogP contribution is -2.62. The molecule has 4 aromatic heterocycles. The van der Waals surface area contributed by atoms with Gasteiger partial charge < -0.3 is 0 Å². The first-order valence-electron chi connectivity index (χ1n) is 9.33. The van der Waals surface area contributed by atoms with E-state index in [1.165, 1.54) is 6.33 Å². The first-order valence-corrected chi connectivity index (χ1v) is 9.33. The second kappa shape index (κ2) is 6.76. The molecule has 148 valence electrons. The van der Waals surface area contributed by atoms with Crippen LogP contribution >= 0.6 is 0 Å². The van der Waals surface area contributed by atoms with Crippen LogP contribution in [0.15, 0.2) is 37.3 Å². The Balaban J connectivity index is 1.56. The summed E-state index contributed by atoms with van der Waals surface area (Å²) in [5.41, 5.74) is 3.22. The molecule has 0 aliphatic carbocycles. The summed E-state index contributed by atoms with van der Waals surface area (Å²) in [6.45, 7) is 1.56. The molecule has 1 saturated heterocycles. The molecule has 0 bridgehead atoms. The largest absolute Gasteiger partial charge is 0.286 e. The van der Waals surface area contributed by atoms with Crippen molar-refractivity contribution in [2.24, 2.45) is 7.05 Å². The second-order valence-electron chi connectivity index (χ2n) is 7.44. The van der Waals surface area contributed by atoms with E-state index in [0.717, 1.165) is 16.8 Å². The van der Waals surface area contributed by atoms with E-state index in [2.05, 4.69) is 32.4 Å². The molecular formula is C19H17N11. The van der Waals surface area contributed by atoms with E-state index in [1.54, 1.807) is 21.6 Å². The van der Waals surface area contributed by atoms with Gasteiger partial charge in [0.1, 0.15) is 17.6 Å². The van der Waals surface area contributed by atoms with Crippen LogP contribution in [-0.4, -0.2) is 63.7 Å². The molecule has 0 aromatic carbocycles. The maximum Gasteiger partial charge on any atom is 0.181 e. The Labute approximate surface area is 171 Å². The van der Waals surface area contributed by atoms with Gasteiger partial charge in [0, 0.05) is 43.7 Å². The summed E-state index contributed by atoms with van der Waals surface area (Å²) in [5.74, 6) is 0. The Morgan fingerprint density at radius 3 is 2.60 bits per heavy atom. The maximum atomic E-state index is 9.33. The molecule has 0 unspecified atom stereocenters. The zero-order valence-corrected chi connectivity index (χ0v) is 16.2. The van der Waals surface area contributed by atoms with Crippen molar-refractivity contribution in [2.75, 3.05) is 19.6 Å². The first-order chi connectivity index (χ1) is 14.6. The summed E-state index contributed by atoms with van der Waals surface area (Å²) >= 11 is 0. The van der Waals surface area contributed by atoms with Crippen LogP contribution in [0.5, 0.6) is 0 Å². The van der Waals surface area contributed by atoms with E-state index >= 15 is 0 Å². The van der Waals surface area contributed by atoms with E-state index in [1.807, 2.05) is 35.2 Å². The van der Waals surface area contributed by atoms with Crippen LogP contribution in [-0.2, 0) is 12.6 Å². The van der Waals surface area contributed by atoms with Crippen LogP contribution in [0.3, 0.4) is 0 Å². The predicted molar refractivity (Wildman–Crippen MR) is 104 cm³/mol. The van der Waals surface area contributed by atoms with E-state index < -0.39 is 5.54 Å². The number of likely N-dealkylation sites (tertiary alicyclic amines) is 1. The zero-order valence-electron chi connectivity index (χ0n) is 16.2. The fourth-order valence-corrected chi connectivity index (χ4v) is 3.90. The van der Waals surface area contributed by atoms with Gasteiger partial charge in [0.15, 0.2) is 5.65 Å². The minimum absolute atomic E-state index is 0.319. The summed E-state index contributed by atoms with van der Waals surface area (Å²) in [7, 11) is 1.85. The molecule has 30 heavy (non-hydrogen) atoms. The van der Waals surface area contributed by atoms with Gasteiger partial charge in [-0.05, 0) is 0 Å². The fourth-order valence-electron chi connectivity index (χ4n) is 3.90. The zero-order chi connectivity index (χ0) is 20.7. The number of hydrogen-bond acceptors (Lipinski definition) is 8. The van der Waals surface area contributed by atoms with Crippen LogP contribution in [0.2, 0.25) is 0 Å². The molecule has 5 heterocycles. The van der Waals surface area contributed by atoms with Gasteiger partial charge in [-0.15, -0.1) is 0 Å². The Bertz CT molecular complexity index is 1310. The van der Waals surface area contributed by atoms with E-state index in [9.17, 15) is 5.26 Å². The summed E-state index contributed by atoms with van der Waals surface area (Å²) in [5, 5.41) is 31.3. The molecule has 0 N–H and O–H groups in total. The lowest BCUT2D eigenvalue weighted by atomic mass is 9.87. The highest BCUT2D eigenvalue weighted by Crippen LogP contribution is 2.33. The third-order valence-electron chi connectivity index (χ3n) is 5.34. The lowest BCUT2D eigenvalue weighted by molar-refractivity contribution is 0.0157. The van der Waals surface area contributed by atoms with Gasteiger partial charge in [-0.3, -0.25) is 14.3 Å². The van der Waals surface area contributed by atoms with Crippen LogP contribution in [0.1, 0.15) is 6.42 Å². The highest BCUT2D eigenvalue weighted by atomic mass is 15.4. The summed E-state index contributed by atoms with van der Waals surface area (Å²) in [6.07, 6.45) is 10.9. The van der Waals surface area contributed by atoms with Crippen molar-refractivity contribution in [2.45, 2.75) is 12.0 Å². The summed E-state index contributed by atoms with van der Waals surface area (Å²) in [4.78, 5) is 11.2. The lowest BCUT2D eigenvalue weighted by Gasteiger charge is -2.48. The Morgan fingerprint density at radius 2 is 1.87 bits per heavy atom. The van der Waals surface area contributed by atoms with Crippen LogP contribution in [0.25, 0.3) is 28.2 Å². The summed E-state index contributed by atoms with van der Waals surface area (Å²) < 4.78 is 5.23. The van der Waals surface area contributed by atoms with Crippen molar-refractivity contribution in [1.29, 1.82) is 10.5 Å². The first kappa shape index (κ1) is 18.0. The molecule has 1 aliphatic heterocycles. The van der Waals surface area contributed by atoms with Gasteiger partial charge in [-0.2, -0.15) is 25.8 Å². The van der Waals surface area contributed by atoms with E-state index in [0.29, 0.717) is 37.4 Å². The van der Waals surface area contributed by atoms with Gasteiger partial charge in [-0.1, -0.05) is 0 Å². The van der Waals surface area contributed by atoms with Gasteiger partial charge in [-0.25, -0.2) is 14.5 Å². The minimum atomic E-state index is -0.436. The van der Waals surface area contributed by atoms with Crippen molar-refractivity contribution >= 4 is 5.65 Å². The molecule has 11 heteroatoms. The Morgan fingerprint density at radius 1 is 1.03 bits per heavy atom. The normalized spacial score (nSPS) is 15.6. The molecule has 0 amide bonds. The average molecular weight is 399 g/mol. The highest BCUT2D eigenvalue weighted by Gasteiger charge is 2.45. The van der Waals surface area contributed by atoms with Gasteiger partial charge in [0.25, 0.3) is 0 Å². The number of hydrogen-bond donors (Lipinski definition) is 0. The molecule has 1 aliphatic rings. The monoisotopic (exact) mass is 399 g/mol. The molecule has 4 aromatic rings. The third kappa shape index (κ3) is 2.80. The van der Waals surface area contributed by atoms with Crippen molar-refractivity contribution in [3.05, 3.63) is 37.3 Å². The predicted octanol–water partition coefficient (Wildman–Crippen LogP) is 0.836. The standard InChI is InChI=1S/C19H17N11/c1-27-8-14(6-23-27)16-10-29-18(22-13-25-29)17(26-16)15-7-24-30(9-15)19(2-3-20)11-28(12-19)5-4-21/h6-10,13H,2,5,11-12H2,1H3. The number of aromatic nitrogens is 8. The van der Waals surface area contributed by atoms with Crippen LogP contribution in [0.4, 0.5) is 0 Å². The second-order valence-corrected chi connectivity index (χ2v) is 7.44. The quantitative estimate of drug-likeness (QED) is 0.451. The van der Waals surface area contributed by atoms with Gasteiger partial charge >= 0.3 is 0 Å². The number of rotatable bonds is 5. The molecule has 0 spiro atoms. The third-order valence-corrected chi connectivity index (χ3v) is 5.34. The Hall–Kier alpha value is -4.09. The number of aryl methyl sites for hydroxylation is 1. The van der Waals surface area contributed by atoms with E-state index in [4.69, 9.17) is 10.2 Å².